The van der Waals surface area contributed by atoms with Gasteiger partial charge in [-0.3, -0.25) is 0 Å². The van der Waals surface area contributed by atoms with Crippen LogP contribution in [0.2, 0.25) is 0 Å². The van der Waals surface area contributed by atoms with Gasteiger partial charge in [-0.25, -0.2) is 0 Å². The Balaban J connectivity index is 2.18. The number of hydrogen-bond acceptors (Lipinski definition) is 1. The van der Waals surface area contributed by atoms with E-state index in [1.54, 1.807) is 7.11 Å². The molecule has 0 amide bonds. The zero-order valence-electron chi connectivity index (χ0n) is 15.0. The lowest BCUT2D eigenvalue weighted by atomic mass is 9.52. The largest absolute Gasteiger partial charge is 0.496 e. The van der Waals surface area contributed by atoms with E-state index >= 15 is 0 Å². The van der Waals surface area contributed by atoms with Crippen molar-refractivity contribution in [3.63, 3.8) is 0 Å². The predicted octanol–water partition coefficient (Wildman–Crippen LogP) is 5.93. The van der Waals surface area contributed by atoms with Crippen molar-refractivity contribution in [2.45, 2.75) is 65.2 Å². The third-order valence-electron chi connectivity index (χ3n) is 6.15. The maximum atomic E-state index is 5.73. The fourth-order valence-electron chi connectivity index (χ4n) is 4.93. The van der Waals surface area contributed by atoms with Crippen LogP contribution in [0.4, 0.5) is 0 Å². The summed E-state index contributed by atoms with van der Waals surface area (Å²) in [6, 6.07) is 4.70. The normalized spacial score (nSPS) is 29.1. The maximum Gasteiger partial charge on any atom is 0.122 e. The molecule has 1 aromatic rings. The Morgan fingerprint density at radius 1 is 1.14 bits per heavy atom. The summed E-state index contributed by atoms with van der Waals surface area (Å²) in [6.07, 6.45) is 8.77. The predicted molar refractivity (Wildman–Crippen MR) is 94.6 cm³/mol. The Hall–Kier alpha value is -1.24. The first kappa shape index (κ1) is 15.6. The highest BCUT2D eigenvalue weighted by atomic mass is 16.5. The number of methoxy groups -OCH3 is 1. The smallest absolute Gasteiger partial charge is 0.122 e. The van der Waals surface area contributed by atoms with Crippen LogP contribution >= 0.6 is 0 Å². The highest BCUT2D eigenvalue weighted by molar-refractivity contribution is 5.64. The summed E-state index contributed by atoms with van der Waals surface area (Å²) in [5, 5.41) is 0. The lowest BCUT2D eigenvalue weighted by Crippen LogP contribution is -2.45. The highest BCUT2D eigenvalue weighted by Crippen LogP contribution is 2.56. The minimum atomic E-state index is 0.245. The zero-order valence-corrected chi connectivity index (χ0v) is 15.0. The van der Waals surface area contributed by atoms with E-state index in [2.05, 4.69) is 58.9 Å². The molecule has 0 aliphatic heterocycles. The molecule has 0 radical (unpaired) electrons. The Labute approximate surface area is 135 Å². The number of fused-ring (bicyclic) bond motifs is 3. The molecule has 0 aromatic heterocycles. The minimum absolute atomic E-state index is 0.245. The molecule has 120 valence electrons. The van der Waals surface area contributed by atoms with E-state index in [-0.39, 0.29) is 5.41 Å². The van der Waals surface area contributed by atoms with Crippen LogP contribution in [0.5, 0.6) is 5.75 Å². The van der Waals surface area contributed by atoms with Gasteiger partial charge in [-0.05, 0) is 64.3 Å². The molecule has 1 saturated carbocycles. The Morgan fingerprint density at radius 2 is 1.86 bits per heavy atom. The van der Waals surface area contributed by atoms with Gasteiger partial charge in [0.15, 0.2) is 0 Å². The Kier molecular flexibility index (Phi) is 3.66. The molecule has 1 fully saturated rings. The van der Waals surface area contributed by atoms with Gasteiger partial charge in [0.1, 0.15) is 5.75 Å². The van der Waals surface area contributed by atoms with Gasteiger partial charge < -0.3 is 4.74 Å². The molecule has 0 N–H and O–H groups in total. The molecule has 1 nitrogen and oxygen atoms in total. The van der Waals surface area contributed by atoms with Crippen LogP contribution < -0.4 is 4.74 Å². The van der Waals surface area contributed by atoms with Gasteiger partial charge in [-0.15, -0.1) is 0 Å². The molecule has 0 heterocycles. The van der Waals surface area contributed by atoms with Crippen molar-refractivity contribution < 1.29 is 4.74 Å². The highest BCUT2D eigenvalue weighted by Gasteiger charge is 2.48. The molecule has 1 aromatic carbocycles. The number of rotatable bonds is 2. The summed E-state index contributed by atoms with van der Waals surface area (Å²) in [4.78, 5) is 0. The fraction of sp³-hybridized carbons (Fsp3) is 0.619. The molecule has 0 unspecified atom stereocenters. The van der Waals surface area contributed by atoms with E-state index in [0.717, 1.165) is 5.75 Å². The first-order valence-corrected chi connectivity index (χ1v) is 8.70. The SMILES string of the molecule is COc1cc2c(cc1C(C)C)C=C[C@@H]1C(C)(C)CCC[C@]21C. The van der Waals surface area contributed by atoms with Gasteiger partial charge in [0.25, 0.3) is 0 Å². The van der Waals surface area contributed by atoms with Crippen molar-refractivity contribution in [3.8, 4) is 5.75 Å². The van der Waals surface area contributed by atoms with E-state index in [0.29, 0.717) is 17.3 Å². The van der Waals surface area contributed by atoms with Gasteiger partial charge >= 0.3 is 0 Å². The Morgan fingerprint density at radius 3 is 2.50 bits per heavy atom. The molecule has 0 saturated heterocycles. The van der Waals surface area contributed by atoms with E-state index in [9.17, 15) is 0 Å². The molecule has 0 bridgehead atoms. The number of ether oxygens (including phenoxy) is 1. The first-order chi connectivity index (χ1) is 10.3. The van der Waals surface area contributed by atoms with Gasteiger partial charge in [-0.2, -0.15) is 0 Å². The number of hydrogen-bond donors (Lipinski definition) is 0. The number of allylic oxidation sites excluding steroid dienone is 1. The molecule has 2 aliphatic carbocycles. The molecule has 0 spiro atoms. The van der Waals surface area contributed by atoms with Gasteiger partial charge in [-0.1, -0.05) is 53.2 Å². The van der Waals surface area contributed by atoms with Crippen LogP contribution in [0.25, 0.3) is 6.08 Å². The summed E-state index contributed by atoms with van der Waals surface area (Å²) >= 11 is 0. The summed E-state index contributed by atoms with van der Waals surface area (Å²) in [6.45, 7) is 11.8. The average Bonchev–Trinajstić information content (AvgIpc) is 2.45. The topological polar surface area (TPSA) is 9.23 Å². The molecule has 2 aliphatic rings. The van der Waals surface area contributed by atoms with Crippen molar-refractivity contribution in [2.24, 2.45) is 11.3 Å². The van der Waals surface area contributed by atoms with Crippen molar-refractivity contribution in [2.75, 3.05) is 7.11 Å². The van der Waals surface area contributed by atoms with Crippen LogP contribution in [0.15, 0.2) is 18.2 Å². The monoisotopic (exact) mass is 298 g/mol. The van der Waals surface area contributed by atoms with E-state index < -0.39 is 0 Å². The average molecular weight is 298 g/mol. The standard InChI is InChI=1S/C21H30O/c1-14(2)16-12-15-8-9-19-20(3,4)10-7-11-21(19,5)17(15)13-18(16)22-6/h8-9,12-14,19H,7,10-11H2,1-6H3/t19-,21-/m1/s1. The van der Waals surface area contributed by atoms with Crippen molar-refractivity contribution in [3.05, 3.63) is 34.9 Å². The second-order valence-electron chi connectivity index (χ2n) is 8.43. The van der Waals surface area contributed by atoms with Crippen LogP contribution in [-0.4, -0.2) is 7.11 Å². The van der Waals surface area contributed by atoms with Crippen LogP contribution in [0.1, 0.15) is 76.5 Å². The molecule has 3 rings (SSSR count). The van der Waals surface area contributed by atoms with Crippen molar-refractivity contribution in [1.29, 1.82) is 0 Å². The fourth-order valence-corrected chi connectivity index (χ4v) is 4.93. The summed E-state index contributed by atoms with van der Waals surface area (Å²) < 4.78 is 5.73. The van der Waals surface area contributed by atoms with Gasteiger partial charge in [0, 0.05) is 0 Å². The lowest BCUT2D eigenvalue weighted by Gasteiger charge is -2.52. The Bertz CT molecular complexity index is 609. The quantitative estimate of drug-likeness (QED) is 0.657. The van der Waals surface area contributed by atoms with Gasteiger partial charge in [0.05, 0.1) is 7.11 Å². The molecule has 2 atom stereocenters. The molecule has 22 heavy (non-hydrogen) atoms. The maximum absolute atomic E-state index is 5.73. The number of benzene rings is 1. The lowest BCUT2D eigenvalue weighted by molar-refractivity contribution is 0.0908. The van der Waals surface area contributed by atoms with E-state index in [1.807, 2.05) is 0 Å². The summed E-state index contributed by atoms with van der Waals surface area (Å²) in [5.41, 5.74) is 4.85. The summed E-state index contributed by atoms with van der Waals surface area (Å²) in [7, 11) is 1.80. The third kappa shape index (κ3) is 2.21. The van der Waals surface area contributed by atoms with Gasteiger partial charge in [0.2, 0.25) is 0 Å². The van der Waals surface area contributed by atoms with Crippen LogP contribution in [0.3, 0.4) is 0 Å². The van der Waals surface area contributed by atoms with Crippen molar-refractivity contribution in [1.82, 2.24) is 0 Å². The van der Waals surface area contributed by atoms with Crippen LogP contribution in [-0.2, 0) is 5.41 Å². The van der Waals surface area contributed by atoms with Crippen molar-refractivity contribution >= 4 is 6.08 Å². The second kappa shape index (κ2) is 5.15. The van der Waals surface area contributed by atoms with E-state index in [1.165, 1.54) is 36.0 Å². The minimum Gasteiger partial charge on any atom is -0.496 e. The zero-order chi connectivity index (χ0) is 16.1. The van der Waals surface area contributed by atoms with E-state index in [4.69, 9.17) is 4.74 Å². The first-order valence-electron chi connectivity index (χ1n) is 8.70. The second-order valence-corrected chi connectivity index (χ2v) is 8.43. The van der Waals surface area contributed by atoms with Crippen LogP contribution in [0, 0.1) is 11.3 Å². The molecular weight excluding hydrogens is 268 g/mol. The molecular formula is C21H30O. The molecule has 1 heteroatoms. The third-order valence-corrected chi connectivity index (χ3v) is 6.15. The summed E-state index contributed by atoms with van der Waals surface area (Å²) in [5.74, 6) is 2.17.